The second-order valence-electron chi connectivity index (χ2n) is 6.42. The summed E-state index contributed by atoms with van der Waals surface area (Å²) < 4.78 is 6.85. The van der Waals surface area contributed by atoms with Gasteiger partial charge in [0, 0.05) is 0 Å². The molecule has 6 heteroatoms. The van der Waals surface area contributed by atoms with Crippen LogP contribution in [0.3, 0.4) is 0 Å². The molecule has 0 fully saturated rings. The molecule has 28 heavy (non-hydrogen) atoms. The summed E-state index contributed by atoms with van der Waals surface area (Å²) in [6.45, 7) is 0.0972. The van der Waals surface area contributed by atoms with E-state index in [1.54, 1.807) is 11.8 Å². The Bertz CT molecular complexity index is 1070. The van der Waals surface area contributed by atoms with Gasteiger partial charge in [-0.1, -0.05) is 59.8 Å². The first-order valence-electron chi connectivity index (χ1n) is 9.01. The average Bonchev–Trinajstić information content (AvgIpc) is 3.15. The fourth-order valence-corrected chi connectivity index (χ4v) is 3.18. The minimum atomic E-state index is -0.269. The number of hydrogen-bond donors (Lipinski definition) is 1. The van der Waals surface area contributed by atoms with Gasteiger partial charge in [0.05, 0.1) is 18.7 Å². The molecule has 1 aromatic heterocycles. The minimum absolute atomic E-state index is 0.0972. The molecule has 4 aromatic rings. The van der Waals surface area contributed by atoms with Gasteiger partial charge >= 0.3 is 0 Å². The van der Waals surface area contributed by atoms with Crippen LogP contribution in [0.4, 0.5) is 0 Å². The molecule has 4 rings (SSSR count). The van der Waals surface area contributed by atoms with E-state index in [-0.39, 0.29) is 18.5 Å². The number of methoxy groups -OCH3 is 1. The van der Waals surface area contributed by atoms with E-state index in [1.165, 1.54) is 0 Å². The van der Waals surface area contributed by atoms with Gasteiger partial charge in [-0.15, -0.1) is 5.10 Å². The summed E-state index contributed by atoms with van der Waals surface area (Å²) in [4.78, 5) is 12.8. The topological polar surface area (TPSA) is 69.0 Å². The summed E-state index contributed by atoms with van der Waals surface area (Å²) in [6, 6.07) is 24.9. The van der Waals surface area contributed by atoms with Crippen molar-refractivity contribution < 1.29 is 9.53 Å². The molecule has 140 valence electrons. The summed E-state index contributed by atoms with van der Waals surface area (Å²) >= 11 is 0. The Balaban J connectivity index is 1.59. The first kappa shape index (κ1) is 17.7. The number of amides is 1. The van der Waals surface area contributed by atoms with Crippen molar-refractivity contribution in [2.45, 2.75) is 12.6 Å². The van der Waals surface area contributed by atoms with Crippen LogP contribution >= 0.6 is 0 Å². The molecule has 1 heterocycles. The molecule has 0 aliphatic carbocycles. The van der Waals surface area contributed by atoms with E-state index in [4.69, 9.17) is 4.74 Å². The highest BCUT2D eigenvalue weighted by atomic mass is 16.5. The molecule has 0 bridgehead atoms. The van der Waals surface area contributed by atoms with Crippen LogP contribution in [0.2, 0.25) is 0 Å². The molecule has 0 aliphatic heterocycles. The molecular weight excluding hydrogens is 352 g/mol. The van der Waals surface area contributed by atoms with Crippen LogP contribution in [-0.2, 0) is 11.3 Å². The fraction of sp³-hybridized carbons (Fsp3) is 0.136. The van der Waals surface area contributed by atoms with E-state index in [2.05, 4.69) is 15.6 Å². The molecule has 0 radical (unpaired) electrons. The number of ether oxygens (including phenoxy) is 1. The number of carbonyl (C=O) groups is 1. The van der Waals surface area contributed by atoms with Gasteiger partial charge in [-0.3, -0.25) is 4.79 Å². The maximum Gasteiger partial charge on any atom is 0.242 e. The highest BCUT2D eigenvalue weighted by Crippen LogP contribution is 2.24. The third-order valence-corrected chi connectivity index (χ3v) is 4.60. The molecule has 6 nitrogen and oxygen atoms in total. The molecule has 0 saturated heterocycles. The van der Waals surface area contributed by atoms with Crippen LogP contribution in [-0.4, -0.2) is 28.0 Å². The number of nitrogens with zero attached hydrogens (tertiary/aromatic N) is 3. The van der Waals surface area contributed by atoms with E-state index in [0.29, 0.717) is 0 Å². The lowest BCUT2D eigenvalue weighted by Crippen LogP contribution is -2.32. The lowest BCUT2D eigenvalue weighted by Gasteiger charge is -2.20. The SMILES string of the molecule is COc1ccc(C(NC(=O)Cn2nnc3ccccc32)c2ccccc2)cc1. The number of carbonyl (C=O) groups excluding carboxylic acids is 1. The highest BCUT2D eigenvalue weighted by Gasteiger charge is 2.18. The van der Waals surface area contributed by atoms with Crippen LogP contribution < -0.4 is 10.1 Å². The second-order valence-corrected chi connectivity index (χ2v) is 6.42. The number of hydrogen-bond acceptors (Lipinski definition) is 4. The first-order valence-corrected chi connectivity index (χ1v) is 9.01. The Morgan fingerprint density at radius 3 is 2.39 bits per heavy atom. The van der Waals surface area contributed by atoms with Gasteiger partial charge in [-0.05, 0) is 35.4 Å². The maximum atomic E-state index is 12.8. The standard InChI is InChI=1S/C22H20N4O2/c1-28-18-13-11-17(12-14-18)22(16-7-3-2-4-8-16)23-21(27)15-26-20-10-6-5-9-19(20)24-25-26/h2-14,22H,15H2,1H3,(H,23,27). The zero-order valence-electron chi connectivity index (χ0n) is 15.4. The number of fused-ring (bicyclic) bond motifs is 1. The van der Waals surface area contributed by atoms with Crippen molar-refractivity contribution in [3.8, 4) is 5.75 Å². The highest BCUT2D eigenvalue weighted by molar-refractivity contribution is 5.80. The van der Waals surface area contributed by atoms with Crippen molar-refractivity contribution in [2.75, 3.05) is 7.11 Å². The van der Waals surface area contributed by atoms with Crippen LogP contribution in [0.1, 0.15) is 17.2 Å². The van der Waals surface area contributed by atoms with E-state index in [1.807, 2.05) is 78.9 Å². The first-order chi connectivity index (χ1) is 13.7. The summed E-state index contributed by atoms with van der Waals surface area (Å²) in [7, 11) is 1.63. The summed E-state index contributed by atoms with van der Waals surface area (Å²) in [6.07, 6.45) is 0. The molecule has 1 unspecified atom stereocenters. The monoisotopic (exact) mass is 372 g/mol. The van der Waals surface area contributed by atoms with Crippen molar-refractivity contribution in [2.24, 2.45) is 0 Å². The smallest absolute Gasteiger partial charge is 0.242 e. The van der Waals surface area contributed by atoms with Crippen molar-refractivity contribution in [1.82, 2.24) is 20.3 Å². The molecule has 1 amide bonds. The minimum Gasteiger partial charge on any atom is -0.497 e. The zero-order chi connectivity index (χ0) is 19.3. The lowest BCUT2D eigenvalue weighted by atomic mass is 9.98. The van der Waals surface area contributed by atoms with Gasteiger partial charge in [0.15, 0.2) is 0 Å². The van der Waals surface area contributed by atoms with Gasteiger partial charge in [0.2, 0.25) is 5.91 Å². The zero-order valence-corrected chi connectivity index (χ0v) is 15.4. The Kier molecular flexibility index (Phi) is 5.01. The number of nitrogens with one attached hydrogen (secondary N) is 1. The maximum absolute atomic E-state index is 12.8. The van der Waals surface area contributed by atoms with Crippen molar-refractivity contribution in [3.63, 3.8) is 0 Å². The number of rotatable bonds is 6. The molecule has 0 saturated carbocycles. The van der Waals surface area contributed by atoms with Gasteiger partial charge < -0.3 is 10.1 Å². The average molecular weight is 372 g/mol. The predicted molar refractivity (Wildman–Crippen MR) is 107 cm³/mol. The summed E-state index contributed by atoms with van der Waals surface area (Å²) in [5, 5.41) is 11.3. The van der Waals surface area contributed by atoms with Crippen LogP contribution in [0.15, 0.2) is 78.9 Å². The summed E-state index contributed by atoms with van der Waals surface area (Å²) in [5.74, 6) is 0.635. The Morgan fingerprint density at radius 2 is 1.64 bits per heavy atom. The van der Waals surface area contributed by atoms with Gasteiger partial charge in [0.25, 0.3) is 0 Å². The van der Waals surface area contributed by atoms with Crippen LogP contribution in [0, 0.1) is 0 Å². The Labute approximate surface area is 162 Å². The van der Waals surface area contributed by atoms with E-state index >= 15 is 0 Å². The van der Waals surface area contributed by atoms with E-state index in [9.17, 15) is 4.79 Å². The molecule has 0 aliphatic rings. The predicted octanol–water partition coefficient (Wildman–Crippen LogP) is 3.35. The molecule has 3 aromatic carbocycles. The van der Waals surface area contributed by atoms with Crippen molar-refractivity contribution >= 4 is 16.9 Å². The quantitative estimate of drug-likeness (QED) is 0.564. The molecule has 1 N–H and O–H groups in total. The third kappa shape index (κ3) is 3.71. The van der Waals surface area contributed by atoms with Gasteiger partial charge in [-0.25, -0.2) is 4.68 Å². The normalized spacial score (nSPS) is 11.9. The summed E-state index contributed by atoms with van der Waals surface area (Å²) in [5.41, 5.74) is 3.58. The molecule has 0 spiro atoms. The fourth-order valence-electron chi connectivity index (χ4n) is 3.18. The van der Waals surface area contributed by atoms with E-state index in [0.717, 1.165) is 27.9 Å². The van der Waals surface area contributed by atoms with Gasteiger partial charge in [0.1, 0.15) is 17.8 Å². The second kappa shape index (κ2) is 7.92. The molecular formula is C22H20N4O2. The Hall–Kier alpha value is -3.67. The number of aromatic nitrogens is 3. The Morgan fingerprint density at radius 1 is 0.964 bits per heavy atom. The van der Waals surface area contributed by atoms with Gasteiger partial charge in [-0.2, -0.15) is 0 Å². The van der Waals surface area contributed by atoms with Crippen molar-refractivity contribution in [3.05, 3.63) is 90.0 Å². The lowest BCUT2D eigenvalue weighted by molar-refractivity contribution is -0.122. The van der Waals surface area contributed by atoms with Crippen molar-refractivity contribution in [1.29, 1.82) is 0 Å². The van der Waals surface area contributed by atoms with E-state index < -0.39 is 0 Å². The third-order valence-electron chi connectivity index (χ3n) is 4.60. The largest absolute Gasteiger partial charge is 0.497 e. The number of benzene rings is 3. The molecule has 1 atom stereocenters. The number of para-hydroxylation sites is 1. The van der Waals surface area contributed by atoms with Crippen LogP contribution in [0.25, 0.3) is 11.0 Å². The van der Waals surface area contributed by atoms with Crippen LogP contribution in [0.5, 0.6) is 5.75 Å².